The summed E-state index contributed by atoms with van der Waals surface area (Å²) in [5, 5.41) is 10.3. The van der Waals surface area contributed by atoms with Gasteiger partial charge in [-0.2, -0.15) is 0 Å². The number of carbonyl (C=O) groups is 1. The van der Waals surface area contributed by atoms with Crippen LogP contribution in [-0.2, 0) is 4.79 Å². The number of carbonyl (C=O) groups excluding carboxylic acids is 1. The normalized spacial score (nSPS) is 37.8. The molecule has 0 aromatic heterocycles. The van der Waals surface area contributed by atoms with Crippen LogP contribution in [0.4, 0.5) is 0 Å². The van der Waals surface area contributed by atoms with Crippen LogP contribution in [0.5, 0.6) is 0 Å². The summed E-state index contributed by atoms with van der Waals surface area (Å²) in [4.78, 5) is 14.6. The maximum Gasteiger partial charge on any atom is 0.230 e. The molecule has 1 amide bonds. The predicted octanol–water partition coefficient (Wildman–Crippen LogP) is 1.12. The fourth-order valence-electron chi connectivity index (χ4n) is 3.79. The van der Waals surface area contributed by atoms with E-state index in [0.717, 1.165) is 38.5 Å². The lowest BCUT2D eigenvalue weighted by atomic mass is 9.69. The lowest BCUT2D eigenvalue weighted by molar-refractivity contribution is -0.171. The largest absolute Gasteiger partial charge is 0.386 e. The van der Waals surface area contributed by atoms with Crippen LogP contribution in [0.15, 0.2) is 0 Å². The fourth-order valence-corrected chi connectivity index (χ4v) is 3.79. The third-order valence-electron chi connectivity index (χ3n) is 5.63. The molecule has 0 bridgehead atoms. The van der Waals surface area contributed by atoms with Crippen LogP contribution >= 0.6 is 0 Å². The molecule has 3 aliphatic rings. The Kier molecular flexibility index (Phi) is 3.13. The molecule has 3 rings (SSSR count). The second kappa shape index (κ2) is 4.45. The van der Waals surface area contributed by atoms with Crippen molar-refractivity contribution < 1.29 is 9.90 Å². The maximum atomic E-state index is 12.7. The molecular formula is C15H26N2O2. The first-order valence-electron chi connectivity index (χ1n) is 7.71. The molecule has 3 fully saturated rings. The first kappa shape index (κ1) is 13.4. The Morgan fingerprint density at radius 3 is 2.32 bits per heavy atom. The topological polar surface area (TPSA) is 66.6 Å². The van der Waals surface area contributed by atoms with E-state index in [9.17, 15) is 9.90 Å². The van der Waals surface area contributed by atoms with E-state index in [2.05, 4.69) is 6.92 Å². The van der Waals surface area contributed by atoms with E-state index in [1.54, 1.807) is 0 Å². The first-order chi connectivity index (χ1) is 8.99. The highest BCUT2D eigenvalue weighted by Crippen LogP contribution is 2.47. The monoisotopic (exact) mass is 266 g/mol. The van der Waals surface area contributed by atoms with E-state index in [0.29, 0.717) is 31.5 Å². The zero-order chi connectivity index (χ0) is 13.7. The quantitative estimate of drug-likeness (QED) is 0.804. The summed E-state index contributed by atoms with van der Waals surface area (Å²) in [5.74, 6) is 1.36. The molecule has 2 aliphatic carbocycles. The van der Waals surface area contributed by atoms with Gasteiger partial charge in [-0.3, -0.25) is 4.79 Å². The molecule has 0 atom stereocenters. The van der Waals surface area contributed by atoms with Gasteiger partial charge in [0, 0.05) is 6.54 Å². The number of aliphatic hydroxyl groups is 1. The summed E-state index contributed by atoms with van der Waals surface area (Å²) in [6.45, 7) is 3.78. The third-order valence-corrected chi connectivity index (χ3v) is 5.63. The van der Waals surface area contributed by atoms with Crippen LogP contribution in [0.3, 0.4) is 0 Å². The number of amides is 1. The third kappa shape index (κ3) is 2.19. The van der Waals surface area contributed by atoms with Gasteiger partial charge in [0.05, 0.1) is 18.5 Å². The Balaban J connectivity index is 1.63. The fraction of sp³-hybridized carbons (Fsp3) is 0.933. The Morgan fingerprint density at radius 2 is 1.84 bits per heavy atom. The van der Waals surface area contributed by atoms with Gasteiger partial charge in [-0.05, 0) is 50.4 Å². The predicted molar refractivity (Wildman–Crippen MR) is 73.4 cm³/mol. The molecule has 1 heterocycles. The summed E-state index contributed by atoms with van der Waals surface area (Å²) in [6.07, 6.45) is 6.28. The molecule has 2 saturated carbocycles. The molecule has 0 radical (unpaired) electrons. The lowest BCUT2D eigenvalue weighted by Gasteiger charge is -2.51. The summed E-state index contributed by atoms with van der Waals surface area (Å²) in [5.41, 5.74) is 5.02. The zero-order valence-electron chi connectivity index (χ0n) is 11.9. The Morgan fingerprint density at radius 1 is 1.26 bits per heavy atom. The van der Waals surface area contributed by atoms with E-state index in [1.807, 2.05) is 4.90 Å². The van der Waals surface area contributed by atoms with Crippen molar-refractivity contribution in [2.45, 2.75) is 51.0 Å². The molecular weight excluding hydrogens is 240 g/mol. The minimum absolute atomic E-state index is 0.201. The van der Waals surface area contributed by atoms with E-state index >= 15 is 0 Å². The van der Waals surface area contributed by atoms with Crippen molar-refractivity contribution in [1.82, 2.24) is 4.90 Å². The van der Waals surface area contributed by atoms with Gasteiger partial charge in [-0.1, -0.05) is 6.92 Å². The number of hydrogen-bond acceptors (Lipinski definition) is 3. The molecule has 3 N–H and O–H groups in total. The summed E-state index contributed by atoms with van der Waals surface area (Å²) in [6, 6.07) is 0. The highest BCUT2D eigenvalue weighted by Gasteiger charge is 2.56. The molecule has 1 saturated heterocycles. The molecule has 19 heavy (non-hydrogen) atoms. The Bertz CT molecular complexity index is 364. The van der Waals surface area contributed by atoms with Gasteiger partial charge in [0.2, 0.25) is 5.91 Å². The van der Waals surface area contributed by atoms with E-state index < -0.39 is 5.60 Å². The second-order valence-electron chi connectivity index (χ2n) is 7.21. The van der Waals surface area contributed by atoms with E-state index in [4.69, 9.17) is 5.73 Å². The number of likely N-dealkylation sites (tertiary alicyclic amines) is 1. The number of nitrogens with zero attached hydrogens (tertiary/aromatic N) is 1. The first-order valence-corrected chi connectivity index (χ1v) is 7.71. The molecule has 4 heteroatoms. The minimum atomic E-state index is -0.576. The molecule has 0 aromatic rings. The molecule has 1 aliphatic heterocycles. The van der Waals surface area contributed by atoms with Crippen LogP contribution in [0.2, 0.25) is 0 Å². The average molecular weight is 266 g/mol. The van der Waals surface area contributed by atoms with Crippen molar-refractivity contribution in [3.8, 4) is 0 Å². The zero-order valence-corrected chi connectivity index (χ0v) is 11.9. The average Bonchev–Trinajstić information content (AvgIpc) is 3.20. The van der Waals surface area contributed by atoms with E-state index in [-0.39, 0.29) is 11.3 Å². The van der Waals surface area contributed by atoms with Crippen LogP contribution in [0.1, 0.15) is 45.4 Å². The van der Waals surface area contributed by atoms with Crippen molar-refractivity contribution in [3.63, 3.8) is 0 Å². The highest BCUT2D eigenvalue weighted by atomic mass is 16.3. The Hall–Kier alpha value is -0.610. The number of hydrogen-bond donors (Lipinski definition) is 2. The standard InChI is InChI=1S/C15H26N2O2/c1-11-4-6-14(8-16,7-5-11)13(18)17-9-15(19,10-17)12-2-3-12/h11-12,19H,2-10,16H2,1H3. The van der Waals surface area contributed by atoms with Crippen molar-refractivity contribution in [2.75, 3.05) is 19.6 Å². The van der Waals surface area contributed by atoms with E-state index in [1.165, 1.54) is 0 Å². The lowest BCUT2D eigenvalue weighted by Crippen LogP contribution is -2.67. The van der Waals surface area contributed by atoms with Crippen molar-refractivity contribution in [1.29, 1.82) is 0 Å². The van der Waals surface area contributed by atoms with Gasteiger partial charge in [-0.15, -0.1) is 0 Å². The summed E-state index contributed by atoms with van der Waals surface area (Å²) in [7, 11) is 0. The van der Waals surface area contributed by atoms with Gasteiger partial charge in [0.15, 0.2) is 0 Å². The van der Waals surface area contributed by atoms with Crippen LogP contribution in [0.25, 0.3) is 0 Å². The van der Waals surface area contributed by atoms with Gasteiger partial charge < -0.3 is 15.7 Å². The summed E-state index contributed by atoms with van der Waals surface area (Å²) >= 11 is 0. The SMILES string of the molecule is CC1CCC(CN)(C(=O)N2CC(O)(C3CC3)C2)CC1. The molecule has 0 aromatic carbocycles. The van der Waals surface area contributed by atoms with Gasteiger partial charge in [0.1, 0.15) is 5.60 Å². The number of rotatable bonds is 3. The van der Waals surface area contributed by atoms with Crippen LogP contribution in [0, 0.1) is 17.3 Å². The minimum Gasteiger partial charge on any atom is -0.386 e. The molecule has 108 valence electrons. The van der Waals surface area contributed by atoms with Crippen molar-refractivity contribution in [2.24, 2.45) is 23.0 Å². The second-order valence-corrected chi connectivity index (χ2v) is 7.21. The van der Waals surface area contributed by atoms with Gasteiger partial charge >= 0.3 is 0 Å². The van der Waals surface area contributed by atoms with Crippen LogP contribution < -0.4 is 5.73 Å². The van der Waals surface area contributed by atoms with Crippen LogP contribution in [-0.4, -0.2) is 41.1 Å². The number of β-amino-alcohol motifs (C(OH)–C–C–N with tert-alkyl or cyclic N) is 1. The van der Waals surface area contributed by atoms with Gasteiger partial charge in [-0.25, -0.2) is 0 Å². The molecule has 4 nitrogen and oxygen atoms in total. The highest BCUT2D eigenvalue weighted by molar-refractivity contribution is 5.84. The Labute approximate surface area is 115 Å². The number of nitrogens with two attached hydrogens (primary N) is 1. The molecule has 0 spiro atoms. The van der Waals surface area contributed by atoms with Gasteiger partial charge in [0.25, 0.3) is 0 Å². The maximum absolute atomic E-state index is 12.7. The van der Waals surface area contributed by atoms with Crippen molar-refractivity contribution >= 4 is 5.91 Å². The van der Waals surface area contributed by atoms with Crippen molar-refractivity contribution in [3.05, 3.63) is 0 Å². The summed E-state index contributed by atoms with van der Waals surface area (Å²) < 4.78 is 0. The molecule has 0 unspecified atom stereocenters. The smallest absolute Gasteiger partial charge is 0.230 e.